The van der Waals surface area contributed by atoms with Crippen molar-refractivity contribution in [3.63, 3.8) is 0 Å². The summed E-state index contributed by atoms with van der Waals surface area (Å²) in [5.41, 5.74) is 0.348. The predicted octanol–water partition coefficient (Wildman–Crippen LogP) is 8.78. The van der Waals surface area contributed by atoms with Crippen LogP contribution in [0.4, 0.5) is 0 Å². The summed E-state index contributed by atoms with van der Waals surface area (Å²) in [5, 5.41) is 0. The van der Waals surface area contributed by atoms with E-state index in [-0.39, 0.29) is 22.9 Å². The summed E-state index contributed by atoms with van der Waals surface area (Å²) < 4.78 is 5.69. The van der Waals surface area contributed by atoms with Gasteiger partial charge in [-0.1, -0.05) is 73.6 Å². The summed E-state index contributed by atoms with van der Waals surface area (Å²) in [5.74, 6) is 4.31. The van der Waals surface area contributed by atoms with Crippen LogP contribution in [0.1, 0.15) is 138 Å². The van der Waals surface area contributed by atoms with Crippen LogP contribution in [0.2, 0.25) is 0 Å². The van der Waals surface area contributed by atoms with Gasteiger partial charge in [-0.3, -0.25) is 9.59 Å². The first-order chi connectivity index (χ1) is 17.0. The van der Waals surface area contributed by atoms with Crippen molar-refractivity contribution in [2.75, 3.05) is 0 Å². The van der Waals surface area contributed by atoms with E-state index >= 15 is 0 Å². The van der Waals surface area contributed by atoms with Gasteiger partial charge in [0.15, 0.2) is 0 Å². The molecular formula is C33H56O3. The third-order valence-electron chi connectivity index (χ3n) is 12.4. The molecule has 9 atom stereocenters. The zero-order valence-electron chi connectivity index (χ0n) is 24.7. The van der Waals surface area contributed by atoms with Crippen molar-refractivity contribution in [3.05, 3.63) is 0 Å². The summed E-state index contributed by atoms with van der Waals surface area (Å²) in [6.07, 6.45) is 16.4. The molecule has 206 valence electrons. The van der Waals surface area contributed by atoms with Crippen LogP contribution >= 0.6 is 0 Å². The number of unbranched alkanes of at least 4 members (excludes halogenated alkanes) is 1. The maximum absolute atomic E-state index is 14.4. The number of fused-ring (bicyclic) bond motifs is 5. The Morgan fingerprint density at radius 1 is 1.00 bits per heavy atom. The predicted molar refractivity (Wildman–Crippen MR) is 147 cm³/mol. The van der Waals surface area contributed by atoms with Crippen molar-refractivity contribution >= 4 is 11.8 Å². The lowest BCUT2D eigenvalue weighted by atomic mass is 9.39. The van der Waals surface area contributed by atoms with Gasteiger partial charge in [-0.25, -0.2) is 0 Å². The van der Waals surface area contributed by atoms with Gasteiger partial charge in [-0.15, -0.1) is 0 Å². The maximum Gasteiger partial charge on any atom is 0.302 e. The van der Waals surface area contributed by atoms with Crippen LogP contribution in [0.15, 0.2) is 0 Å². The molecule has 0 N–H and O–H groups in total. The maximum atomic E-state index is 14.4. The molecule has 4 saturated carbocycles. The first-order valence-corrected chi connectivity index (χ1v) is 15.7. The highest BCUT2D eigenvalue weighted by atomic mass is 16.5. The van der Waals surface area contributed by atoms with Gasteiger partial charge in [-0.05, 0) is 97.7 Å². The van der Waals surface area contributed by atoms with Crippen LogP contribution in [-0.4, -0.2) is 17.9 Å². The number of hydrogen-bond donors (Lipinski definition) is 0. The first kappa shape index (κ1) is 28.2. The highest BCUT2D eigenvalue weighted by Crippen LogP contribution is 2.74. The molecule has 4 aliphatic carbocycles. The summed E-state index contributed by atoms with van der Waals surface area (Å²) in [4.78, 5) is 26.0. The summed E-state index contributed by atoms with van der Waals surface area (Å²) in [7, 11) is 0. The standard InChI is InChI=1S/C33H56O3/c1-8-9-17-33-28-14-13-25-20-26(36-24(5)34)15-18-31(25,6)27(28)16-19-32(33,7)29(21-30(33)35)23(4)12-10-11-22(2)3/h22-23,25-29H,8-21H2,1-7H3/t23-,25+,26+,27+,28-,29-,31+,32-,33-/m1/s1. The van der Waals surface area contributed by atoms with E-state index in [0.717, 1.165) is 38.0 Å². The first-order valence-electron chi connectivity index (χ1n) is 15.7. The molecule has 0 saturated heterocycles. The van der Waals surface area contributed by atoms with E-state index in [1.54, 1.807) is 6.92 Å². The molecule has 0 aromatic carbocycles. The zero-order valence-corrected chi connectivity index (χ0v) is 24.7. The van der Waals surface area contributed by atoms with Crippen molar-refractivity contribution in [2.24, 2.45) is 51.8 Å². The monoisotopic (exact) mass is 500 g/mol. The second-order valence-electron chi connectivity index (χ2n) is 14.6. The molecule has 4 fully saturated rings. The Morgan fingerprint density at radius 3 is 2.42 bits per heavy atom. The number of Topliss-reactive ketones (excluding diaryl/α,β-unsaturated/α-hetero) is 1. The smallest absolute Gasteiger partial charge is 0.302 e. The Kier molecular flexibility index (Phi) is 8.38. The number of esters is 1. The largest absolute Gasteiger partial charge is 0.463 e. The second kappa shape index (κ2) is 10.7. The zero-order chi connectivity index (χ0) is 26.3. The van der Waals surface area contributed by atoms with Gasteiger partial charge < -0.3 is 4.74 Å². The van der Waals surface area contributed by atoms with E-state index in [9.17, 15) is 9.59 Å². The van der Waals surface area contributed by atoms with Crippen LogP contribution in [0.25, 0.3) is 0 Å². The molecule has 0 aromatic heterocycles. The Balaban J connectivity index is 1.61. The number of ketones is 1. The normalized spacial score (nSPS) is 43.0. The van der Waals surface area contributed by atoms with Crippen molar-refractivity contribution in [2.45, 2.75) is 144 Å². The molecule has 3 nitrogen and oxygen atoms in total. The Hall–Kier alpha value is -0.860. The molecule has 0 aliphatic heterocycles. The average molecular weight is 501 g/mol. The number of carbonyl (C=O) groups is 2. The van der Waals surface area contributed by atoms with Crippen LogP contribution in [0, 0.1) is 51.8 Å². The molecule has 0 heterocycles. The highest BCUT2D eigenvalue weighted by molar-refractivity contribution is 5.89. The lowest BCUT2D eigenvalue weighted by Gasteiger charge is -2.65. The number of carbonyl (C=O) groups excluding carboxylic acids is 2. The van der Waals surface area contributed by atoms with E-state index in [0.29, 0.717) is 40.8 Å². The lowest BCUT2D eigenvalue weighted by molar-refractivity contribution is -0.185. The third-order valence-corrected chi connectivity index (χ3v) is 12.4. The van der Waals surface area contributed by atoms with Gasteiger partial charge in [-0.2, -0.15) is 0 Å². The third kappa shape index (κ3) is 4.61. The molecule has 36 heavy (non-hydrogen) atoms. The molecule has 0 amide bonds. The summed E-state index contributed by atoms with van der Waals surface area (Å²) in [6.45, 7) is 16.1. The SMILES string of the molecule is CCCC[C@@]12C(=O)C[C@H]([C@H](C)CCCC(C)C)[C@@]1(C)CC[C@H]1[C@H]2CC[C@H]2C[C@@H](OC(C)=O)CC[C@@]21C. The van der Waals surface area contributed by atoms with Gasteiger partial charge in [0.1, 0.15) is 11.9 Å². The number of ether oxygens (including phenoxy) is 1. The van der Waals surface area contributed by atoms with E-state index in [4.69, 9.17) is 4.74 Å². The quantitative estimate of drug-likeness (QED) is 0.297. The minimum atomic E-state index is -0.130. The Labute approximate surface area is 222 Å². The molecule has 3 heteroatoms. The summed E-state index contributed by atoms with van der Waals surface area (Å²) in [6, 6.07) is 0. The van der Waals surface area contributed by atoms with Crippen LogP contribution in [0.3, 0.4) is 0 Å². The summed E-state index contributed by atoms with van der Waals surface area (Å²) >= 11 is 0. The molecular weight excluding hydrogens is 444 g/mol. The number of hydrogen-bond acceptors (Lipinski definition) is 3. The van der Waals surface area contributed by atoms with Gasteiger partial charge in [0.2, 0.25) is 0 Å². The number of rotatable bonds is 9. The Morgan fingerprint density at radius 2 is 1.75 bits per heavy atom. The van der Waals surface area contributed by atoms with E-state index in [1.807, 2.05) is 0 Å². The van der Waals surface area contributed by atoms with Crippen molar-refractivity contribution in [3.8, 4) is 0 Å². The second-order valence-corrected chi connectivity index (χ2v) is 14.6. The molecule has 0 radical (unpaired) electrons. The van der Waals surface area contributed by atoms with Crippen molar-refractivity contribution in [1.82, 2.24) is 0 Å². The average Bonchev–Trinajstić information content (AvgIpc) is 3.04. The molecule has 0 unspecified atom stereocenters. The topological polar surface area (TPSA) is 43.4 Å². The van der Waals surface area contributed by atoms with Gasteiger partial charge in [0.25, 0.3) is 0 Å². The van der Waals surface area contributed by atoms with Gasteiger partial charge >= 0.3 is 5.97 Å². The molecule has 0 bridgehead atoms. The molecule has 4 aliphatic rings. The molecule has 0 spiro atoms. The van der Waals surface area contributed by atoms with E-state index in [2.05, 4.69) is 41.5 Å². The minimum absolute atomic E-state index is 0.101. The van der Waals surface area contributed by atoms with Gasteiger partial charge in [0, 0.05) is 18.8 Å². The van der Waals surface area contributed by atoms with Crippen molar-refractivity contribution < 1.29 is 14.3 Å². The lowest BCUT2D eigenvalue weighted by Crippen LogP contribution is -2.60. The van der Waals surface area contributed by atoms with Crippen LogP contribution in [0.5, 0.6) is 0 Å². The molecule has 4 rings (SSSR count). The highest BCUT2D eigenvalue weighted by Gasteiger charge is 2.70. The fraction of sp³-hybridized carbons (Fsp3) is 0.939. The van der Waals surface area contributed by atoms with E-state index < -0.39 is 0 Å². The minimum Gasteiger partial charge on any atom is -0.463 e. The fourth-order valence-electron chi connectivity index (χ4n) is 10.5. The van der Waals surface area contributed by atoms with Crippen LogP contribution in [-0.2, 0) is 14.3 Å². The fourth-order valence-corrected chi connectivity index (χ4v) is 10.5. The Bertz CT molecular complexity index is 803. The van der Waals surface area contributed by atoms with E-state index in [1.165, 1.54) is 57.8 Å². The van der Waals surface area contributed by atoms with Crippen LogP contribution < -0.4 is 0 Å². The van der Waals surface area contributed by atoms with Gasteiger partial charge in [0.05, 0.1) is 0 Å². The molecule has 0 aromatic rings. The van der Waals surface area contributed by atoms with Crippen molar-refractivity contribution in [1.29, 1.82) is 0 Å².